The molecule has 8 atom stereocenters. The van der Waals surface area contributed by atoms with Gasteiger partial charge in [-0.25, -0.2) is 0 Å². The molecule has 2 aliphatic rings. The van der Waals surface area contributed by atoms with E-state index >= 15 is 0 Å². The fourth-order valence-corrected chi connectivity index (χ4v) is 9.05. The molecule has 0 bridgehead atoms. The van der Waals surface area contributed by atoms with Crippen LogP contribution in [0, 0.1) is 17.8 Å². The third-order valence-corrected chi connectivity index (χ3v) is 13.5. The van der Waals surface area contributed by atoms with Crippen LogP contribution in [-0.4, -0.2) is 134 Å². The standard InChI is InChI=1S/C51H75N7O9/c1-10-34(4)47(56(7)51(65)46(52)33(2)3)41(66-8)31-45(62)57-29-17-20-40(57)48(67-9)35(5)49(63)54-39(30-36-18-13-11-14-19-36)50(64)55(6)38-24-22-37(23-25-38)32-53-42(59)21-15-12-16-28-58-43(60)26-27-44(58)61/h11,13-14,18-19,22-27,33-35,39-41,46-48H,10,12,15-17,20-21,28-32,52H2,1-9H3,(H,53,59)(H,54,63)/t34-,35+,39?,40?,41+,46?,47-,48+/m0/s1. The first kappa shape index (κ1) is 54.2. The molecule has 4 rings (SSSR count). The van der Waals surface area contributed by atoms with Gasteiger partial charge in [0.2, 0.25) is 29.5 Å². The van der Waals surface area contributed by atoms with E-state index in [4.69, 9.17) is 15.2 Å². The lowest BCUT2D eigenvalue weighted by molar-refractivity contribution is -0.146. The fraction of sp³-hybridized carbons (Fsp3) is 0.588. The van der Waals surface area contributed by atoms with Gasteiger partial charge in [-0.1, -0.05) is 89.9 Å². The summed E-state index contributed by atoms with van der Waals surface area (Å²) in [7, 11) is 6.47. The summed E-state index contributed by atoms with van der Waals surface area (Å²) in [5.74, 6) is -2.58. The van der Waals surface area contributed by atoms with Crippen molar-refractivity contribution >= 4 is 47.0 Å². The van der Waals surface area contributed by atoms with E-state index in [9.17, 15) is 33.6 Å². The summed E-state index contributed by atoms with van der Waals surface area (Å²) in [4.78, 5) is 98.3. The van der Waals surface area contributed by atoms with E-state index in [1.165, 1.54) is 29.1 Å². The predicted octanol–water partition coefficient (Wildman–Crippen LogP) is 4.38. The number of likely N-dealkylation sites (N-methyl/N-ethyl adjacent to an activating group) is 2. The summed E-state index contributed by atoms with van der Waals surface area (Å²) in [6.07, 6.45) is 5.87. The highest BCUT2D eigenvalue weighted by Crippen LogP contribution is 2.30. The van der Waals surface area contributed by atoms with E-state index in [1.807, 2.05) is 70.2 Å². The zero-order chi connectivity index (χ0) is 49.4. The summed E-state index contributed by atoms with van der Waals surface area (Å²) in [5.41, 5.74) is 8.59. The number of carbonyl (C=O) groups excluding carboxylic acids is 7. The molecule has 0 aromatic heterocycles. The van der Waals surface area contributed by atoms with Gasteiger partial charge in [0.05, 0.1) is 42.7 Å². The van der Waals surface area contributed by atoms with Crippen molar-refractivity contribution in [2.75, 3.05) is 46.3 Å². The number of nitrogens with zero attached hydrogens (tertiary/aromatic N) is 4. The molecule has 0 spiro atoms. The average Bonchev–Trinajstić information content (AvgIpc) is 3.94. The van der Waals surface area contributed by atoms with Gasteiger partial charge in [0, 0.05) is 78.6 Å². The number of ether oxygens (including phenoxy) is 2. The number of imide groups is 1. The van der Waals surface area contributed by atoms with E-state index in [2.05, 4.69) is 10.6 Å². The molecule has 1 fully saturated rings. The second kappa shape index (κ2) is 26.2. The number of amides is 7. The van der Waals surface area contributed by atoms with Crippen molar-refractivity contribution in [1.29, 1.82) is 0 Å². The molecule has 0 saturated carbocycles. The Bertz CT molecular complexity index is 1990. The van der Waals surface area contributed by atoms with Crippen molar-refractivity contribution in [3.8, 4) is 0 Å². The van der Waals surface area contributed by atoms with Crippen LogP contribution >= 0.6 is 0 Å². The number of unbranched alkanes of at least 4 members (excludes halogenated alkanes) is 2. The number of methoxy groups -OCH3 is 2. The summed E-state index contributed by atoms with van der Waals surface area (Å²) in [6.45, 7) is 10.8. The number of likely N-dealkylation sites (tertiary alicyclic amines) is 1. The molecule has 1 saturated heterocycles. The molecule has 0 aliphatic carbocycles. The molecule has 2 aliphatic heterocycles. The smallest absolute Gasteiger partial charge is 0.253 e. The van der Waals surface area contributed by atoms with Crippen molar-refractivity contribution < 1.29 is 43.0 Å². The third kappa shape index (κ3) is 14.8. The van der Waals surface area contributed by atoms with Crippen LogP contribution in [0.3, 0.4) is 0 Å². The molecular weight excluding hydrogens is 855 g/mol. The van der Waals surface area contributed by atoms with E-state index < -0.39 is 42.3 Å². The molecule has 3 unspecified atom stereocenters. The maximum absolute atomic E-state index is 14.3. The Morgan fingerprint density at radius 3 is 2.10 bits per heavy atom. The van der Waals surface area contributed by atoms with Crippen molar-refractivity contribution in [3.63, 3.8) is 0 Å². The molecule has 368 valence electrons. The summed E-state index contributed by atoms with van der Waals surface area (Å²) in [6, 6.07) is 14.3. The van der Waals surface area contributed by atoms with Gasteiger partial charge in [0.1, 0.15) is 6.04 Å². The first-order valence-electron chi connectivity index (χ1n) is 23.8. The molecule has 2 heterocycles. The van der Waals surface area contributed by atoms with E-state index in [-0.39, 0.29) is 66.0 Å². The fourth-order valence-electron chi connectivity index (χ4n) is 9.05. The average molecular weight is 930 g/mol. The van der Waals surface area contributed by atoms with Gasteiger partial charge in [0.25, 0.3) is 11.8 Å². The number of carbonyl (C=O) groups is 7. The number of nitrogens with two attached hydrogens (primary N) is 1. The molecule has 16 nitrogen and oxygen atoms in total. The highest BCUT2D eigenvalue weighted by Gasteiger charge is 2.43. The molecule has 0 radical (unpaired) electrons. The lowest BCUT2D eigenvalue weighted by Gasteiger charge is -2.40. The first-order valence-corrected chi connectivity index (χ1v) is 23.8. The maximum Gasteiger partial charge on any atom is 0.253 e. The molecule has 7 amide bonds. The van der Waals surface area contributed by atoms with Crippen LogP contribution in [-0.2, 0) is 56.0 Å². The van der Waals surface area contributed by atoms with Gasteiger partial charge in [-0.2, -0.15) is 0 Å². The summed E-state index contributed by atoms with van der Waals surface area (Å²) >= 11 is 0. The molecule has 4 N–H and O–H groups in total. The van der Waals surface area contributed by atoms with Crippen LogP contribution in [0.4, 0.5) is 5.69 Å². The highest BCUT2D eigenvalue weighted by molar-refractivity contribution is 6.12. The van der Waals surface area contributed by atoms with Crippen molar-refractivity contribution in [3.05, 3.63) is 77.9 Å². The Balaban J connectivity index is 1.39. The van der Waals surface area contributed by atoms with Gasteiger partial charge in [0.15, 0.2) is 0 Å². The van der Waals surface area contributed by atoms with Crippen LogP contribution in [0.15, 0.2) is 66.7 Å². The van der Waals surface area contributed by atoms with E-state index in [0.717, 1.165) is 24.0 Å². The Labute approximate surface area is 397 Å². The molecule has 2 aromatic carbocycles. The van der Waals surface area contributed by atoms with Crippen molar-refractivity contribution in [1.82, 2.24) is 25.3 Å². The maximum atomic E-state index is 14.3. The number of benzene rings is 2. The quantitative estimate of drug-likeness (QED) is 0.0899. The van der Waals surface area contributed by atoms with Crippen LogP contribution in [0.25, 0.3) is 0 Å². The monoisotopic (exact) mass is 930 g/mol. The molecule has 16 heteroatoms. The minimum Gasteiger partial charge on any atom is -0.379 e. The predicted molar refractivity (Wildman–Crippen MR) is 257 cm³/mol. The minimum absolute atomic E-state index is 0.0163. The number of anilines is 1. The highest BCUT2D eigenvalue weighted by atomic mass is 16.5. The number of nitrogens with one attached hydrogen (secondary N) is 2. The SMILES string of the molecule is CC[C@H](C)[C@@H]([C@@H](CC(=O)N1CCCC1[C@H](OC)[C@@H](C)C(=O)NC(Cc1ccccc1)C(=O)N(C)c1ccc(CNC(=O)CCCCCN2C(=O)C=CC2=O)cc1)OC)N(C)C(=O)C(N)C(C)C. The van der Waals surface area contributed by atoms with Crippen LogP contribution in [0.2, 0.25) is 0 Å². The lowest BCUT2D eigenvalue weighted by atomic mass is 9.89. The van der Waals surface area contributed by atoms with Gasteiger partial charge in [-0.15, -0.1) is 0 Å². The van der Waals surface area contributed by atoms with E-state index in [1.54, 1.807) is 50.1 Å². The molecule has 2 aromatic rings. The second-order valence-electron chi connectivity index (χ2n) is 18.4. The zero-order valence-corrected chi connectivity index (χ0v) is 41.1. The van der Waals surface area contributed by atoms with Crippen LogP contribution in [0.5, 0.6) is 0 Å². The van der Waals surface area contributed by atoms with Crippen molar-refractivity contribution in [2.45, 2.75) is 135 Å². The van der Waals surface area contributed by atoms with E-state index in [0.29, 0.717) is 57.4 Å². The van der Waals surface area contributed by atoms with Gasteiger partial charge >= 0.3 is 0 Å². The number of hydrogen-bond donors (Lipinski definition) is 3. The Morgan fingerprint density at radius 1 is 0.851 bits per heavy atom. The number of hydrogen-bond acceptors (Lipinski definition) is 10. The summed E-state index contributed by atoms with van der Waals surface area (Å²) in [5, 5.41) is 5.96. The molecular formula is C51H75N7O9. The Morgan fingerprint density at radius 2 is 1.51 bits per heavy atom. The summed E-state index contributed by atoms with van der Waals surface area (Å²) < 4.78 is 12.0. The first-order chi connectivity index (χ1) is 31.9. The van der Waals surface area contributed by atoms with Crippen LogP contribution < -0.4 is 21.3 Å². The second-order valence-corrected chi connectivity index (χ2v) is 18.4. The largest absolute Gasteiger partial charge is 0.379 e. The van der Waals surface area contributed by atoms with Gasteiger partial charge in [-0.05, 0) is 60.8 Å². The normalized spacial score (nSPS) is 18.0. The number of rotatable bonds is 26. The third-order valence-electron chi connectivity index (χ3n) is 13.5. The van der Waals surface area contributed by atoms with Gasteiger partial charge in [-0.3, -0.25) is 38.5 Å². The minimum atomic E-state index is -0.934. The van der Waals surface area contributed by atoms with Crippen LogP contribution in [0.1, 0.15) is 97.1 Å². The van der Waals surface area contributed by atoms with Crippen molar-refractivity contribution in [2.24, 2.45) is 23.5 Å². The Kier molecular flexibility index (Phi) is 21.2. The molecule has 67 heavy (non-hydrogen) atoms. The van der Waals surface area contributed by atoms with Gasteiger partial charge < -0.3 is 40.5 Å². The topological polar surface area (TPSA) is 201 Å². The Hall–Kier alpha value is -5.45. The zero-order valence-electron chi connectivity index (χ0n) is 41.1. The lowest BCUT2D eigenvalue weighted by Crippen LogP contribution is -2.56.